The Balaban J connectivity index is 2.24. The van der Waals surface area contributed by atoms with Gasteiger partial charge in [0, 0.05) is 13.1 Å². The van der Waals surface area contributed by atoms with Gasteiger partial charge in [-0.1, -0.05) is 29.9 Å². The Kier molecular flexibility index (Phi) is 6.71. The van der Waals surface area contributed by atoms with Crippen molar-refractivity contribution in [2.24, 2.45) is 0 Å². The Bertz CT molecular complexity index is 982. The summed E-state index contributed by atoms with van der Waals surface area (Å²) in [6.45, 7) is 10.2. The van der Waals surface area contributed by atoms with Gasteiger partial charge in [0.05, 0.1) is 11.1 Å². The number of amides is 1. The van der Waals surface area contributed by atoms with Crippen molar-refractivity contribution in [2.45, 2.75) is 50.8 Å². The van der Waals surface area contributed by atoms with Crippen molar-refractivity contribution in [1.29, 1.82) is 0 Å². The Morgan fingerprint density at radius 3 is 2.57 bits per heavy atom. The molecule has 10 heteroatoms. The maximum atomic E-state index is 14.9. The number of hydrazine groups is 1. The molecular weight excluding hydrogens is 429 g/mol. The lowest BCUT2D eigenvalue weighted by atomic mass is 10.2. The summed E-state index contributed by atoms with van der Waals surface area (Å²) in [5.74, 6) is -0.343. The molecule has 0 aromatic carbocycles. The minimum absolute atomic E-state index is 0.0487. The van der Waals surface area contributed by atoms with Gasteiger partial charge in [-0.3, -0.25) is 5.01 Å². The van der Waals surface area contributed by atoms with E-state index in [1.165, 1.54) is 22.8 Å². The fourth-order valence-electron chi connectivity index (χ4n) is 3.22. The Morgan fingerprint density at radius 1 is 1.23 bits per heavy atom. The molecule has 0 aliphatic carbocycles. The first-order chi connectivity index (χ1) is 14.2. The summed E-state index contributed by atoms with van der Waals surface area (Å²) in [4.78, 5) is 26.0. The first-order valence-corrected chi connectivity index (χ1v) is 11.3. The fraction of sp³-hybridized carbons (Fsp3) is 0.500. The molecule has 3 heterocycles. The second-order valence-electron chi connectivity index (χ2n) is 7.85. The molecule has 1 amide bonds. The van der Waals surface area contributed by atoms with E-state index < -0.39 is 17.5 Å². The number of ether oxygens (including phenoxy) is 1. The third-order valence-electron chi connectivity index (χ3n) is 4.49. The maximum absolute atomic E-state index is 14.9. The number of carbonyl (C=O) groups is 1. The molecule has 0 spiro atoms. The number of carbonyl (C=O) groups excluding carboxylic acids is 1. The van der Waals surface area contributed by atoms with Crippen LogP contribution in [0.1, 0.15) is 45.7 Å². The van der Waals surface area contributed by atoms with Gasteiger partial charge in [0.15, 0.2) is 21.9 Å². The van der Waals surface area contributed by atoms with Crippen LogP contribution in [0.2, 0.25) is 5.15 Å². The molecule has 0 radical (unpaired) electrons. The average molecular weight is 454 g/mol. The van der Waals surface area contributed by atoms with Gasteiger partial charge < -0.3 is 4.74 Å². The van der Waals surface area contributed by atoms with Crippen LogP contribution in [-0.4, -0.2) is 51.0 Å². The zero-order valence-electron chi connectivity index (χ0n) is 17.5. The summed E-state index contributed by atoms with van der Waals surface area (Å²) in [5, 5.41) is 3.72. The number of rotatable bonds is 3. The summed E-state index contributed by atoms with van der Waals surface area (Å²) in [7, 11) is 0. The van der Waals surface area contributed by atoms with E-state index in [-0.39, 0.29) is 10.7 Å². The van der Waals surface area contributed by atoms with Gasteiger partial charge >= 0.3 is 6.09 Å². The van der Waals surface area contributed by atoms with E-state index in [1.807, 2.05) is 20.8 Å². The first-order valence-electron chi connectivity index (χ1n) is 9.67. The van der Waals surface area contributed by atoms with E-state index in [1.54, 1.807) is 11.3 Å². The third-order valence-corrected chi connectivity index (χ3v) is 5.29. The van der Waals surface area contributed by atoms with Crippen molar-refractivity contribution in [3.8, 4) is 0 Å². The van der Waals surface area contributed by atoms with Crippen LogP contribution in [0.3, 0.4) is 0 Å². The molecule has 3 rings (SSSR count). The molecule has 1 fully saturated rings. The highest BCUT2D eigenvalue weighted by atomic mass is 35.5. The van der Waals surface area contributed by atoms with Gasteiger partial charge in [-0.05, 0) is 52.4 Å². The smallest absolute Gasteiger partial charge is 0.429 e. The predicted octanol–water partition coefficient (Wildman–Crippen LogP) is 5.32. The van der Waals surface area contributed by atoms with E-state index in [4.69, 9.17) is 16.3 Å². The first kappa shape index (κ1) is 22.6. The van der Waals surface area contributed by atoms with Gasteiger partial charge in [-0.2, -0.15) is 0 Å². The van der Waals surface area contributed by atoms with Gasteiger partial charge in [0.2, 0.25) is 0 Å². The summed E-state index contributed by atoms with van der Waals surface area (Å²) in [5.41, 5.74) is -0.249. The minimum Gasteiger partial charge on any atom is -0.442 e. The molecule has 1 aliphatic heterocycles. The number of pyridine rings is 1. The Hall–Kier alpha value is -2.13. The van der Waals surface area contributed by atoms with Gasteiger partial charge in [-0.15, -0.1) is 0 Å². The molecule has 2 aromatic rings. The molecule has 0 saturated carbocycles. The lowest BCUT2D eigenvalue weighted by molar-refractivity contribution is 0.0232. The molecule has 1 aliphatic rings. The maximum Gasteiger partial charge on any atom is 0.429 e. The van der Waals surface area contributed by atoms with Crippen LogP contribution in [-0.2, 0) is 4.74 Å². The zero-order chi connectivity index (χ0) is 22.1. The van der Waals surface area contributed by atoms with Crippen LogP contribution in [0, 0.1) is 5.82 Å². The number of anilines is 1. The van der Waals surface area contributed by atoms with Crippen molar-refractivity contribution in [3.05, 3.63) is 23.2 Å². The SMILES string of the molecule is C=Cc1nc(Cl)c(F)c2nc(SC)nc(N3CCCCCN3C(=O)OC(C)(C)C)c12. The number of thioether (sulfide) groups is 1. The van der Waals surface area contributed by atoms with E-state index in [0.717, 1.165) is 19.3 Å². The summed E-state index contributed by atoms with van der Waals surface area (Å²) in [6, 6.07) is 0. The Labute approximate surface area is 184 Å². The van der Waals surface area contributed by atoms with Gasteiger partial charge in [-0.25, -0.2) is 29.1 Å². The van der Waals surface area contributed by atoms with Gasteiger partial charge in [0.1, 0.15) is 11.1 Å². The van der Waals surface area contributed by atoms with Crippen LogP contribution in [0.15, 0.2) is 11.7 Å². The van der Waals surface area contributed by atoms with E-state index in [9.17, 15) is 9.18 Å². The highest BCUT2D eigenvalue weighted by Gasteiger charge is 2.32. The average Bonchev–Trinajstić information content (AvgIpc) is 2.94. The standard InChI is InChI=1S/C20H25ClFN5O2S/c1-6-12-13-15(14(22)16(21)23-12)24-18(30-5)25-17(13)26-10-8-7-9-11-27(26)19(28)29-20(2,3)4/h6H,1,7-11H2,2-5H3. The molecule has 2 aromatic heterocycles. The number of aromatic nitrogens is 3. The van der Waals surface area contributed by atoms with E-state index >= 15 is 0 Å². The fourth-order valence-corrected chi connectivity index (χ4v) is 3.76. The molecule has 0 bridgehead atoms. The van der Waals surface area contributed by atoms with Crippen LogP contribution >= 0.6 is 23.4 Å². The monoisotopic (exact) mass is 453 g/mol. The summed E-state index contributed by atoms with van der Waals surface area (Å²) < 4.78 is 20.5. The molecule has 0 N–H and O–H groups in total. The van der Waals surface area contributed by atoms with Gasteiger partial charge in [0.25, 0.3) is 0 Å². The van der Waals surface area contributed by atoms with Crippen molar-refractivity contribution in [3.63, 3.8) is 0 Å². The molecule has 7 nitrogen and oxygen atoms in total. The zero-order valence-corrected chi connectivity index (χ0v) is 19.1. The number of hydrogen-bond donors (Lipinski definition) is 0. The molecular formula is C20H25ClFN5O2S. The van der Waals surface area contributed by atoms with Crippen LogP contribution in [0.25, 0.3) is 17.0 Å². The van der Waals surface area contributed by atoms with Crippen LogP contribution in [0.5, 0.6) is 0 Å². The Morgan fingerprint density at radius 2 is 1.93 bits per heavy atom. The largest absolute Gasteiger partial charge is 0.442 e. The topological polar surface area (TPSA) is 71.5 Å². The van der Waals surface area contributed by atoms with Crippen molar-refractivity contribution in [1.82, 2.24) is 20.0 Å². The van der Waals surface area contributed by atoms with Crippen LogP contribution in [0.4, 0.5) is 15.0 Å². The number of nitrogens with zero attached hydrogens (tertiary/aromatic N) is 5. The molecule has 162 valence electrons. The summed E-state index contributed by atoms with van der Waals surface area (Å²) in [6.07, 6.45) is 5.40. The highest BCUT2D eigenvalue weighted by Crippen LogP contribution is 2.35. The molecule has 0 unspecified atom stereocenters. The lowest BCUT2D eigenvalue weighted by Crippen LogP contribution is -2.49. The van der Waals surface area contributed by atoms with Crippen molar-refractivity contribution < 1.29 is 13.9 Å². The van der Waals surface area contributed by atoms with Crippen molar-refractivity contribution in [2.75, 3.05) is 24.4 Å². The predicted molar refractivity (Wildman–Crippen MR) is 118 cm³/mol. The minimum atomic E-state index is -0.727. The van der Waals surface area contributed by atoms with E-state index in [0.29, 0.717) is 35.1 Å². The molecule has 1 saturated heterocycles. The van der Waals surface area contributed by atoms with Crippen molar-refractivity contribution >= 4 is 52.3 Å². The molecule has 30 heavy (non-hydrogen) atoms. The summed E-state index contributed by atoms with van der Waals surface area (Å²) >= 11 is 7.26. The number of hydrogen-bond acceptors (Lipinski definition) is 7. The molecule has 0 atom stereocenters. The van der Waals surface area contributed by atoms with Crippen LogP contribution < -0.4 is 5.01 Å². The number of fused-ring (bicyclic) bond motifs is 1. The third kappa shape index (κ3) is 4.62. The lowest BCUT2D eigenvalue weighted by Gasteiger charge is -2.35. The quantitative estimate of drug-likeness (QED) is 0.353. The second-order valence-corrected chi connectivity index (χ2v) is 8.98. The highest BCUT2D eigenvalue weighted by molar-refractivity contribution is 7.98. The normalized spacial score (nSPS) is 15.3. The number of halogens is 2. The van der Waals surface area contributed by atoms with E-state index in [2.05, 4.69) is 21.5 Å². The second kappa shape index (κ2) is 8.93.